The molecule has 0 saturated heterocycles. The van der Waals surface area contributed by atoms with E-state index < -0.39 is 5.92 Å². The zero-order valence-electron chi connectivity index (χ0n) is 10.8. The van der Waals surface area contributed by atoms with Crippen molar-refractivity contribution in [3.05, 3.63) is 46.6 Å². The van der Waals surface area contributed by atoms with Crippen molar-refractivity contribution in [3.8, 4) is 0 Å². The number of anilines is 1. The van der Waals surface area contributed by atoms with Gasteiger partial charge in [0, 0.05) is 10.6 Å². The number of fused-ring (bicyclic) bond motifs is 1. The lowest BCUT2D eigenvalue weighted by atomic mass is 9.96. The normalized spacial score (nSPS) is 17.8. The molecule has 1 aliphatic heterocycles. The molecule has 1 amide bonds. The van der Waals surface area contributed by atoms with Gasteiger partial charge < -0.3 is 5.32 Å². The van der Waals surface area contributed by atoms with E-state index in [1.807, 2.05) is 6.92 Å². The maximum Gasteiger partial charge on any atom is 0.265 e. The molecule has 0 bridgehead atoms. The van der Waals surface area contributed by atoms with Crippen molar-refractivity contribution in [1.82, 2.24) is 9.78 Å². The quantitative estimate of drug-likeness (QED) is 0.864. The SMILES string of the molecule is CCc1cnn2c1NC(=O)C(c1cccc(Cl)c1)C2=O. The largest absolute Gasteiger partial charge is 0.309 e. The predicted octanol–water partition coefficient (Wildman–Crippen LogP) is 2.48. The van der Waals surface area contributed by atoms with E-state index in [2.05, 4.69) is 10.4 Å². The van der Waals surface area contributed by atoms with Crippen LogP contribution in [0.15, 0.2) is 30.5 Å². The monoisotopic (exact) mass is 289 g/mol. The number of aryl methyl sites for hydroxylation is 1. The molecule has 3 rings (SSSR count). The number of hydrogen-bond acceptors (Lipinski definition) is 3. The van der Waals surface area contributed by atoms with Crippen LogP contribution in [0, 0.1) is 0 Å². The molecule has 1 aromatic heterocycles. The number of amides is 1. The van der Waals surface area contributed by atoms with Crippen molar-refractivity contribution in [2.24, 2.45) is 0 Å². The third kappa shape index (κ3) is 1.91. The molecule has 1 atom stereocenters. The molecule has 1 N–H and O–H groups in total. The van der Waals surface area contributed by atoms with E-state index in [-0.39, 0.29) is 11.8 Å². The average Bonchev–Trinajstić information content (AvgIpc) is 2.82. The van der Waals surface area contributed by atoms with Crippen LogP contribution < -0.4 is 5.32 Å². The van der Waals surface area contributed by atoms with Gasteiger partial charge in [0.1, 0.15) is 11.7 Å². The second kappa shape index (κ2) is 4.76. The second-order valence-electron chi connectivity index (χ2n) is 4.60. The van der Waals surface area contributed by atoms with Crippen molar-refractivity contribution < 1.29 is 9.59 Å². The first kappa shape index (κ1) is 12.9. The van der Waals surface area contributed by atoms with E-state index in [1.165, 1.54) is 4.68 Å². The summed E-state index contributed by atoms with van der Waals surface area (Å²) in [5.41, 5.74) is 1.41. The van der Waals surface area contributed by atoms with Crippen molar-refractivity contribution in [1.29, 1.82) is 0 Å². The average molecular weight is 290 g/mol. The van der Waals surface area contributed by atoms with Crippen LogP contribution in [0.2, 0.25) is 5.02 Å². The first-order valence-electron chi connectivity index (χ1n) is 6.29. The molecule has 5 nitrogen and oxygen atoms in total. The molecule has 0 spiro atoms. The number of nitrogens with zero attached hydrogens (tertiary/aromatic N) is 2. The molecule has 1 aromatic carbocycles. The molecule has 0 fully saturated rings. The Bertz CT molecular complexity index is 708. The lowest BCUT2D eigenvalue weighted by molar-refractivity contribution is -0.117. The summed E-state index contributed by atoms with van der Waals surface area (Å²) in [5, 5.41) is 7.31. The molecule has 6 heteroatoms. The van der Waals surface area contributed by atoms with E-state index in [9.17, 15) is 9.59 Å². The van der Waals surface area contributed by atoms with Gasteiger partial charge in [0.2, 0.25) is 5.91 Å². The third-order valence-electron chi connectivity index (χ3n) is 3.37. The van der Waals surface area contributed by atoms with E-state index in [1.54, 1.807) is 30.5 Å². The van der Waals surface area contributed by atoms with Crippen LogP contribution in [0.1, 0.15) is 28.8 Å². The van der Waals surface area contributed by atoms with E-state index in [4.69, 9.17) is 11.6 Å². The topological polar surface area (TPSA) is 64.0 Å². The van der Waals surface area contributed by atoms with Gasteiger partial charge in [0.05, 0.1) is 6.20 Å². The van der Waals surface area contributed by atoms with E-state index in [0.717, 1.165) is 5.56 Å². The lowest BCUT2D eigenvalue weighted by Gasteiger charge is -2.22. The van der Waals surface area contributed by atoms with Crippen LogP contribution in [0.5, 0.6) is 0 Å². The molecule has 102 valence electrons. The van der Waals surface area contributed by atoms with Crippen LogP contribution >= 0.6 is 11.6 Å². The fraction of sp³-hybridized carbons (Fsp3) is 0.214. The number of rotatable bonds is 2. The Morgan fingerprint density at radius 1 is 1.40 bits per heavy atom. The van der Waals surface area contributed by atoms with E-state index in [0.29, 0.717) is 22.8 Å². The summed E-state index contributed by atoms with van der Waals surface area (Å²) in [4.78, 5) is 24.7. The van der Waals surface area contributed by atoms with Gasteiger partial charge in [-0.15, -0.1) is 0 Å². The zero-order valence-corrected chi connectivity index (χ0v) is 11.5. The number of nitrogens with one attached hydrogen (secondary N) is 1. The molecule has 1 aliphatic rings. The molecule has 0 aliphatic carbocycles. The molecule has 1 unspecified atom stereocenters. The standard InChI is InChI=1S/C14H12ClN3O2/c1-2-8-7-16-18-12(8)17-13(19)11(14(18)20)9-4-3-5-10(15)6-9/h3-7,11H,2H2,1H3,(H,17,19). The third-order valence-corrected chi connectivity index (χ3v) is 3.60. The predicted molar refractivity (Wildman–Crippen MR) is 75.1 cm³/mol. The summed E-state index contributed by atoms with van der Waals surface area (Å²) in [6.07, 6.45) is 2.30. The number of halogens is 1. The minimum absolute atomic E-state index is 0.347. The minimum Gasteiger partial charge on any atom is -0.309 e. The number of carbonyl (C=O) groups excluding carboxylic acids is 2. The molecule has 2 heterocycles. The summed E-state index contributed by atoms with van der Waals surface area (Å²) < 4.78 is 1.26. The molecule has 0 radical (unpaired) electrons. The number of hydrogen-bond donors (Lipinski definition) is 1. The van der Waals surface area contributed by atoms with Gasteiger partial charge in [-0.3, -0.25) is 9.59 Å². The van der Waals surface area contributed by atoms with Crippen LogP contribution in [-0.2, 0) is 11.2 Å². The van der Waals surface area contributed by atoms with Crippen molar-refractivity contribution >= 4 is 29.2 Å². The first-order valence-corrected chi connectivity index (χ1v) is 6.67. The summed E-state index contributed by atoms with van der Waals surface area (Å²) in [6.45, 7) is 1.94. The Morgan fingerprint density at radius 3 is 2.90 bits per heavy atom. The highest BCUT2D eigenvalue weighted by Crippen LogP contribution is 2.29. The number of benzene rings is 1. The molecule has 2 aromatic rings. The van der Waals surface area contributed by atoms with Crippen LogP contribution in [0.4, 0.5) is 5.82 Å². The fourth-order valence-electron chi connectivity index (χ4n) is 2.34. The molecule has 20 heavy (non-hydrogen) atoms. The van der Waals surface area contributed by atoms with Gasteiger partial charge in [-0.25, -0.2) is 0 Å². The summed E-state index contributed by atoms with van der Waals surface area (Å²) in [7, 11) is 0. The highest BCUT2D eigenvalue weighted by Gasteiger charge is 2.37. The smallest absolute Gasteiger partial charge is 0.265 e. The molecular weight excluding hydrogens is 278 g/mol. The molecule has 0 saturated carbocycles. The minimum atomic E-state index is -0.911. The van der Waals surface area contributed by atoms with Crippen molar-refractivity contribution in [2.75, 3.05) is 5.32 Å². The number of carbonyl (C=O) groups is 2. The van der Waals surface area contributed by atoms with Gasteiger partial charge >= 0.3 is 0 Å². The Morgan fingerprint density at radius 2 is 2.20 bits per heavy atom. The Labute approximate surface area is 120 Å². The number of aromatic nitrogens is 2. The molecular formula is C14H12ClN3O2. The van der Waals surface area contributed by atoms with E-state index >= 15 is 0 Å². The highest BCUT2D eigenvalue weighted by atomic mass is 35.5. The first-order chi connectivity index (χ1) is 9.61. The van der Waals surface area contributed by atoms with Crippen molar-refractivity contribution in [2.45, 2.75) is 19.3 Å². The fourth-order valence-corrected chi connectivity index (χ4v) is 2.54. The van der Waals surface area contributed by atoms with Crippen LogP contribution in [0.25, 0.3) is 0 Å². The Hall–Kier alpha value is -2.14. The van der Waals surface area contributed by atoms with Crippen molar-refractivity contribution in [3.63, 3.8) is 0 Å². The van der Waals surface area contributed by atoms with Crippen LogP contribution in [-0.4, -0.2) is 21.6 Å². The summed E-state index contributed by atoms with van der Waals surface area (Å²) >= 11 is 5.92. The van der Waals surface area contributed by atoms with Gasteiger partial charge in [-0.1, -0.05) is 30.7 Å². The van der Waals surface area contributed by atoms with Gasteiger partial charge in [-0.05, 0) is 24.1 Å². The van der Waals surface area contributed by atoms with Crippen LogP contribution in [0.3, 0.4) is 0 Å². The maximum atomic E-state index is 12.5. The van der Waals surface area contributed by atoms with Gasteiger partial charge in [0.15, 0.2) is 0 Å². The Kier molecular flexibility index (Phi) is 3.06. The summed E-state index contributed by atoms with van der Waals surface area (Å²) in [5.74, 6) is -1.14. The zero-order chi connectivity index (χ0) is 14.3. The summed E-state index contributed by atoms with van der Waals surface area (Å²) in [6, 6.07) is 6.75. The Balaban J connectivity index is 2.07. The second-order valence-corrected chi connectivity index (χ2v) is 5.04. The maximum absolute atomic E-state index is 12.5. The lowest BCUT2D eigenvalue weighted by Crippen LogP contribution is -2.38. The highest BCUT2D eigenvalue weighted by molar-refractivity contribution is 6.30. The van der Waals surface area contributed by atoms with Gasteiger partial charge in [-0.2, -0.15) is 9.78 Å². The van der Waals surface area contributed by atoms with Gasteiger partial charge in [0.25, 0.3) is 5.91 Å².